The molecule has 1 heterocycles. The normalized spacial score (nSPS) is 12.1. The third-order valence-electron chi connectivity index (χ3n) is 1.81. The van der Waals surface area contributed by atoms with Crippen molar-refractivity contribution in [3.8, 4) is 0 Å². The highest BCUT2D eigenvalue weighted by molar-refractivity contribution is 5.96. The first-order chi connectivity index (χ1) is 6.61. The molecule has 5 heteroatoms. The number of carboxylic acids is 1. The van der Waals surface area contributed by atoms with Gasteiger partial charge in [0.05, 0.1) is 12.5 Å². The molecule has 0 aliphatic rings. The Kier molecular flexibility index (Phi) is 3.28. The number of furan rings is 1. The minimum atomic E-state index is -1.13. The second-order valence-corrected chi connectivity index (χ2v) is 2.91. The molecule has 0 aromatic carbocycles. The molecular weight excluding hydrogens is 186 g/mol. The van der Waals surface area contributed by atoms with E-state index in [1.165, 1.54) is 19.5 Å². The van der Waals surface area contributed by atoms with E-state index >= 15 is 0 Å². The summed E-state index contributed by atoms with van der Waals surface area (Å²) >= 11 is 0. The molecular formula is C9H11NO4. The summed E-state index contributed by atoms with van der Waals surface area (Å²) < 4.78 is 4.79. The number of amides is 1. The molecule has 0 fully saturated rings. The zero-order chi connectivity index (χ0) is 10.6. The van der Waals surface area contributed by atoms with Gasteiger partial charge in [0.15, 0.2) is 0 Å². The van der Waals surface area contributed by atoms with Crippen LogP contribution >= 0.6 is 0 Å². The molecule has 0 radical (unpaired) electrons. The Morgan fingerprint density at radius 3 is 2.86 bits per heavy atom. The van der Waals surface area contributed by atoms with Gasteiger partial charge in [-0.2, -0.15) is 0 Å². The number of nitrogens with one attached hydrogen (secondary N) is 1. The molecule has 14 heavy (non-hydrogen) atoms. The molecule has 1 unspecified atom stereocenters. The monoisotopic (exact) mass is 197 g/mol. The number of aliphatic carboxylic acids is 1. The van der Waals surface area contributed by atoms with Crippen molar-refractivity contribution in [2.45, 2.75) is 13.5 Å². The van der Waals surface area contributed by atoms with Gasteiger partial charge in [0, 0.05) is 12.1 Å². The number of rotatable bonds is 4. The van der Waals surface area contributed by atoms with Gasteiger partial charge in [-0.3, -0.25) is 9.59 Å². The van der Waals surface area contributed by atoms with E-state index in [-0.39, 0.29) is 6.54 Å². The van der Waals surface area contributed by atoms with Crippen LogP contribution in [0.4, 0.5) is 0 Å². The van der Waals surface area contributed by atoms with Crippen LogP contribution in [0.1, 0.15) is 12.5 Å². The van der Waals surface area contributed by atoms with Gasteiger partial charge in [0.1, 0.15) is 5.92 Å². The van der Waals surface area contributed by atoms with Gasteiger partial charge in [-0.25, -0.2) is 0 Å². The summed E-state index contributed by atoms with van der Waals surface area (Å²) in [5.74, 6) is -2.66. The minimum absolute atomic E-state index is 0.285. The molecule has 0 spiro atoms. The average molecular weight is 197 g/mol. The molecule has 1 amide bonds. The van der Waals surface area contributed by atoms with Crippen molar-refractivity contribution in [2.75, 3.05) is 0 Å². The topological polar surface area (TPSA) is 79.5 Å². The molecule has 0 saturated heterocycles. The highest BCUT2D eigenvalue weighted by Gasteiger charge is 2.19. The zero-order valence-electron chi connectivity index (χ0n) is 7.69. The smallest absolute Gasteiger partial charge is 0.315 e. The predicted octanol–water partition coefficient (Wildman–Crippen LogP) is 0.616. The third kappa shape index (κ3) is 2.62. The highest BCUT2D eigenvalue weighted by atomic mass is 16.4. The first kappa shape index (κ1) is 10.3. The van der Waals surface area contributed by atoms with Crippen molar-refractivity contribution in [2.24, 2.45) is 5.92 Å². The summed E-state index contributed by atoms with van der Waals surface area (Å²) in [7, 11) is 0. The van der Waals surface area contributed by atoms with Crippen LogP contribution in [0.5, 0.6) is 0 Å². The fourth-order valence-corrected chi connectivity index (χ4v) is 0.848. The standard InChI is InChI=1S/C9H11NO4/c1-6(9(12)13)8(11)10-4-7-2-3-14-5-7/h2-3,5-6H,4H2,1H3,(H,10,11)(H,12,13). The number of carbonyl (C=O) groups excluding carboxylic acids is 1. The van der Waals surface area contributed by atoms with Gasteiger partial charge in [-0.05, 0) is 13.0 Å². The van der Waals surface area contributed by atoms with Gasteiger partial charge in [-0.1, -0.05) is 0 Å². The number of hydrogen-bond donors (Lipinski definition) is 2. The van der Waals surface area contributed by atoms with E-state index in [1.54, 1.807) is 6.07 Å². The average Bonchev–Trinajstić information content (AvgIpc) is 2.65. The molecule has 0 aliphatic heterocycles. The number of carboxylic acid groups (broad SMARTS) is 1. The molecule has 1 atom stereocenters. The van der Waals surface area contributed by atoms with Crippen molar-refractivity contribution in [1.29, 1.82) is 0 Å². The fourth-order valence-electron chi connectivity index (χ4n) is 0.848. The van der Waals surface area contributed by atoms with Gasteiger partial charge < -0.3 is 14.8 Å². The van der Waals surface area contributed by atoms with Crippen LogP contribution in [0.25, 0.3) is 0 Å². The van der Waals surface area contributed by atoms with Crippen LogP contribution in [0.3, 0.4) is 0 Å². The molecule has 0 saturated carbocycles. The van der Waals surface area contributed by atoms with Crippen LogP contribution < -0.4 is 5.32 Å². The van der Waals surface area contributed by atoms with Crippen LogP contribution in [-0.2, 0) is 16.1 Å². The van der Waals surface area contributed by atoms with Crippen molar-refractivity contribution in [3.05, 3.63) is 24.2 Å². The van der Waals surface area contributed by atoms with E-state index in [9.17, 15) is 9.59 Å². The van der Waals surface area contributed by atoms with Crippen LogP contribution in [0, 0.1) is 5.92 Å². The number of carbonyl (C=O) groups is 2. The summed E-state index contributed by atoms with van der Waals surface area (Å²) in [6, 6.07) is 1.70. The lowest BCUT2D eigenvalue weighted by Crippen LogP contribution is -2.32. The maximum Gasteiger partial charge on any atom is 0.315 e. The molecule has 5 nitrogen and oxygen atoms in total. The predicted molar refractivity (Wildman–Crippen MR) is 47.4 cm³/mol. The highest BCUT2D eigenvalue weighted by Crippen LogP contribution is 2.00. The minimum Gasteiger partial charge on any atom is -0.481 e. The zero-order valence-corrected chi connectivity index (χ0v) is 7.69. The van der Waals surface area contributed by atoms with Gasteiger partial charge in [0.25, 0.3) is 0 Å². The van der Waals surface area contributed by atoms with Crippen LogP contribution in [0.2, 0.25) is 0 Å². The first-order valence-electron chi connectivity index (χ1n) is 4.13. The lowest BCUT2D eigenvalue weighted by Gasteiger charge is -2.06. The van der Waals surface area contributed by atoms with Crippen molar-refractivity contribution in [1.82, 2.24) is 5.32 Å². The van der Waals surface area contributed by atoms with Gasteiger partial charge in [-0.15, -0.1) is 0 Å². The van der Waals surface area contributed by atoms with E-state index in [0.29, 0.717) is 0 Å². The van der Waals surface area contributed by atoms with Crippen molar-refractivity contribution < 1.29 is 19.1 Å². The SMILES string of the molecule is CC(C(=O)O)C(=O)NCc1ccoc1. The van der Waals surface area contributed by atoms with E-state index in [4.69, 9.17) is 9.52 Å². The van der Waals surface area contributed by atoms with E-state index in [0.717, 1.165) is 5.56 Å². The molecule has 1 aromatic rings. The van der Waals surface area contributed by atoms with E-state index in [2.05, 4.69) is 5.32 Å². The Morgan fingerprint density at radius 1 is 1.64 bits per heavy atom. The largest absolute Gasteiger partial charge is 0.481 e. The fraction of sp³-hybridized carbons (Fsp3) is 0.333. The Morgan fingerprint density at radius 2 is 2.36 bits per heavy atom. The molecule has 76 valence electrons. The molecule has 1 rings (SSSR count). The molecule has 0 bridgehead atoms. The molecule has 1 aromatic heterocycles. The summed E-state index contributed by atoms with van der Waals surface area (Å²) in [6.07, 6.45) is 2.98. The maximum absolute atomic E-state index is 11.2. The second kappa shape index (κ2) is 4.45. The molecule has 0 aliphatic carbocycles. The number of hydrogen-bond acceptors (Lipinski definition) is 3. The first-order valence-corrected chi connectivity index (χ1v) is 4.13. The van der Waals surface area contributed by atoms with Crippen molar-refractivity contribution >= 4 is 11.9 Å². The van der Waals surface area contributed by atoms with Crippen LogP contribution in [0.15, 0.2) is 23.0 Å². The summed E-state index contributed by atoms with van der Waals surface area (Å²) in [4.78, 5) is 21.6. The van der Waals surface area contributed by atoms with Crippen LogP contribution in [-0.4, -0.2) is 17.0 Å². The Bertz CT molecular complexity index is 318. The lowest BCUT2D eigenvalue weighted by atomic mass is 10.1. The lowest BCUT2D eigenvalue weighted by molar-refractivity contribution is -0.146. The summed E-state index contributed by atoms with van der Waals surface area (Å²) in [5, 5.41) is 11.0. The van der Waals surface area contributed by atoms with Gasteiger partial charge >= 0.3 is 5.97 Å². The van der Waals surface area contributed by atoms with Crippen molar-refractivity contribution in [3.63, 3.8) is 0 Å². The Labute approximate surface area is 80.7 Å². The Hall–Kier alpha value is -1.78. The summed E-state index contributed by atoms with van der Waals surface area (Å²) in [6.45, 7) is 1.62. The maximum atomic E-state index is 11.2. The summed E-state index contributed by atoms with van der Waals surface area (Å²) in [5.41, 5.74) is 0.802. The second-order valence-electron chi connectivity index (χ2n) is 2.91. The van der Waals surface area contributed by atoms with E-state index < -0.39 is 17.8 Å². The van der Waals surface area contributed by atoms with Gasteiger partial charge in [0.2, 0.25) is 5.91 Å². The quantitative estimate of drug-likeness (QED) is 0.693. The third-order valence-corrected chi connectivity index (χ3v) is 1.81. The Balaban J connectivity index is 2.39. The molecule has 2 N–H and O–H groups in total. The van der Waals surface area contributed by atoms with E-state index in [1.807, 2.05) is 0 Å².